The van der Waals surface area contributed by atoms with E-state index < -0.39 is 17.6 Å². The van der Waals surface area contributed by atoms with Crippen LogP contribution in [0, 0.1) is 5.92 Å². The molecule has 0 bridgehead atoms. The average Bonchev–Trinajstić information content (AvgIpc) is 3.31. The van der Waals surface area contributed by atoms with Gasteiger partial charge in [0, 0.05) is 24.9 Å². The number of aromatic nitrogens is 5. The minimum atomic E-state index is -4.45. The summed E-state index contributed by atoms with van der Waals surface area (Å²) >= 11 is 1.31. The van der Waals surface area contributed by atoms with Crippen molar-refractivity contribution in [2.75, 3.05) is 0 Å². The molecule has 0 aliphatic rings. The van der Waals surface area contributed by atoms with Crippen LogP contribution in [-0.4, -0.2) is 30.8 Å². The number of nitrogens with zero attached hydrogens (tertiary/aromatic N) is 5. The van der Waals surface area contributed by atoms with Gasteiger partial charge in [-0.25, -0.2) is 0 Å². The molecular formula is C19H21F3N6O2S. The van der Waals surface area contributed by atoms with Gasteiger partial charge >= 0.3 is 6.18 Å². The van der Waals surface area contributed by atoms with Crippen LogP contribution in [-0.2, 0) is 29.7 Å². The number of halogens is 3. The Labute approximate surface area is 180 Å². The number of rotatable bonds is 9. The zero-order valence-electron chi connectivity index (χ0n) is 16.9. The Bertz CT molecular complexity index is 1050. The number of thioether (sulfide) groups is 1. The van der Waals surface area contributed by atoms with Crippen molar-refractivity contribution >= 4 is 17.7 Å². The van der Waals surface area contributed by atoms with E-state index in [1.54, 1.807) is 0 Å². The van der Waals surface area contributed by atoms with Gasteiger partial charge < -0.3 is 14.8 Å². The molecule has 0 saturated heterocycles. The second-order valence-electron chi connectivity index (χ2n) is 7.25. The number of amides is 1. The van der Waals surface area contributed by atoms with E-state index in [2.05, 4.69) is 20.3 Å². The van der Waals surface area contributed by atoms with Gasteiger partial charge in [-0.3, -0.25) is 4.79 Å². The van der Waals surface area contributed by atoms with Crippen LogP contribution >= 0.6 is 11.8 Å². The SMILES string of the molecule is CC(C)Cn1c(CCC(N)=O)nnc1SCc1nc(-c2cccc(C(F)(F)F)c2)no1. The van der Waals surface area contributed by atoms with Crippen molar-refractivity contribution in [3.8, 4) is 11.4 Å². The first-order chi connectivity index (χ1) is 14.6. The summed E-state index contributed by atoms with van der Waals surface area (Å²) in [5.74, 6) is 1.14. The number of hydrogen-bond donors (Lipinski definition) is 1. The maximum Gasteiger partial charge on any atom is 0.416 e. The van der Waals surface area contributed by atoms with Gasteiger partial charge in [-0.05, 0) is 18.1 Å². The molecule has 0 aliphatic carbocycles. The van der Waals surface area contributed by atoms with Crippen LogP contribution in [0.15, 0.2) is 33.9 Å². The minimum Gasteiger partial charge on any atom is -0.370 e. The Morgan fingerprint density at radius 2 is 2.06 bits per heavy atom. The highest BCUT2D eigenvalue weighted by Crippen LogP contribution is 2.32. The third-order valence-corrected chi connectivity index (χ3v) is 5.13. The van der Waals surface area contributed by atoms with Gasteiger partial charge in [0.2, 0.25) is 17.6 Å². The van der Waals surface area contributed by atoms with Crippen molar-refractivity contribution in [2.24, 2.45) is 11.7 Å². The van der Waals surface area contributed by atoms with E-state index in [-0.39, 0.29) is 29.5 Å². The molecule has 1 aromatic carbocycles. The van der Waals surface area contributed by atoms with Crippen LogP contribution in [0.2, 0.25) is 0 Å². The van der Waals surface area contributed by atoms with E-state index >= 15 is 0 Å². The van der Waals surface area contributed by atoms with Gasteiger partial charge in [0.25, 0.3) is 0 Å². The van der Waals surface area contributed by atoms with E-state index in [9.17, 15) is 18.0 Å². The molecule has 0 aliphatic heterocycles. The van der Waals surface area contributed by atoms with Gasteiger partial charge in [0.15, 0.2) is 5.16 Å². The molecule has 0 spiro atoms. The molecule has 2 N–H and O–H groups in total. The molecule has 0 fully saturated rings. The molecule has 3 aromatic rings. The second-order valence-corrected chi connectivity index (χ2v) is 8.19. The van der Waals surface area contributed by atoms with E-state index in [4.69, 9.17) is 10.3 Å². The molecule has 2 heterocycles. The van der Waals surface area contributed by atoms with Crippen LogP contribution in [0.1, 0.15) is 37.5 Å². The molecule has 12 heteroatoms. The van der Waals surface area contributed by atoms with Crippen molar-refractivity contribution < 1.29 is 22.5 Å². The number of hydrogen-bond acceptors (Lipinski definition) is 7. The topological polar surface area (TPSA) is 113 Å². The highest BCUT2D eigenvalue weighted by Gasteiger charge is 2.30. The maximum absolute atomic E-state index is 12.9. The fraction of sp³-hybridized carbons (Fsp3) is 0.421. The predicted octanol–water partition coefficient (Wildman–Crippen LogP) is 3.71. The van der Waals surface area contributed by atoms with Gasteiger partial charge in [0.1, 0.15) is 5.82 Å². The number of carbonyl (C=O) groups is 1. The number of primary amides is 1. The molecule has 1 amide bonds. The van der Waals surface area contributed by atoms with Gasteiger partial charge in [-0.15, -0.1) is 10.2 Å². The van der Waals surface area contributed by atoms with Gasteiger partial charge in [0.05, 0.1) is 11.3 Å². The molecule has 3 rings (SSSR count). The summed E-state index contributed by atoms with van der Waals surface area (Å²) in [7, 11) is 0. The van der Waals surface area contributed by atoms with E-state index in [1.165, 1.54) is 23.9 Å². The molecule has 2 aromatic heterocycles. The quantitative estimate of drug-likeness (QED) is 0.490. The van der Waals surface area contributed by atoms with E-state index in [0.717, 1.165) is 12.1 Å². The van der Waals surface area contributed by atoms with Crippen molar-refractivity contribution in [1.82, 2.24) is 24.9 Å². The first-order valence-electron chi connectivity index (χ1n) is 9.47. The summed E-state index contributed by atoms with van der Waals surface area (Å²) in [4.78, 5) is 15.3. The van der Waals surface area contributed by atoms with Crippen LogP contribution in [0.3, 0.4) is 0 Å². The summed E-state index contributed by atoms with van der Waals surface area (Å²) in [5, 5.41) is 12.7. The van der Waals surface area contributed by atoms with Crippen molar-refractivity contribution in [3.63, 3.8) is 0 Å². The summed E-state index contributed by atoms with van der Waals surface area (Å²) in [5.41, 5.74) is 4.66. The Kier molecular flexibility index (Phi) is 6.98. The minimum absolute atomic E-state index is 0.0764. The van der Waals surface area contributed by atoms with Crippen LogP contribution < -0.4 is 5.73 Å². The summed E-state index contributed by atoms with van der Waals surface area (Å²) in [6, 6.07) is 4.75. The maximum atomic E-state index is 12.9. The van der Waals surface area contributed by atoms with Crippen molar-refractivity contribution in [2.45, 2.75) is 50.3 Å². The monoisotopic (exact) mass is 454 g/mol. The number of alkyl halides is 3. The average molecular weight is 454 g/mol. The van der Waals surface area contributed by atoms with Gasteiger partial charge in [-0.1, -0.05) is 42.9 Å². The zero-order valence-corrected chi connectivity index (χ0v) is 17.7. The lowest BCUT2D eigenvalue weighted by molar-refractivity contribution is -0.137. The highest BCUT2D eigenvalue weighted by atomic mass is 32.2. The molecular weight excluding hydrogens is 433 g/mol. The number of aryl methyl sites for hydroxylation is 1. The predicted molar refractivity (Wildman–Crippen MR) is 107 cm³/mol. The molecule has 0 saturated carbocycles. The molecule has 0 atom stereocenters. The zero-order chi connectivity index (χ0) is 22.6. The van der Waals surface area contributed by atoms with Crippen LogP contribution in [0.4, 0.5) is 13.2 Å². The Morgan fingerprint density at radius 3 is 2.74 bits per heavy atom. The lowest BCUT2D eigenvalue weighted by atomic mass is 10.1. The third-order valence-electron chi connectivity index (χ3n) is 4.18. The normalized spacial score (nSPS) is 11.9. The summed E-state index contributed by atoms with van der Waals surface area (Å²) in [6.45, 7) is 4.75. The standard InChI is InChI=1S/C19H21F3N6O2S/c1-11(2)9-28-15(7-6-14(23)29)25-26-18(28)31-10-16-24-17(27-30-16)12-4-3-5-13(8-12)19(20,21)22/h3-5,8,11H,6-7,9-10H2,1-2H3,(H2,23,29). The Morgan fingerprint density at radius 1 is 1.29 bits per heavy atom. The first-order valence-corrected chi connectivity index (χ1v) is 10.5. The largest absolute Gasteiger partial charge is 0.416 e. The lowest BCUT2D eigenvalue weighted by Crippen LogP contribution is -2.15. The number of carbonyl (C=O) groups excluding carboxylic acids is 1. The molecule has 166 valence electrons. The highest BCUT2D eigenvalue weighted by molar-refractivity contribution is 7.98. The fourth-order valence-electron chi connectivity index (χ4n) is 2.79. The summed E-state index contributed by atoms with van der Waals surface area (Å²) < 4.78 is 45.9. The van der Waals surface area contributed by atoms with Crippen LogP contribution in [0.25, 0.3) is 11.4 Å². The Hall–Kier alpha value is -2.89. The van der Waals surface area contributed by atoms with Crippen LogP contribution in [0.5, 0.6) is 0 Å². The molecule has 8 nitrogen and oxygen atoms in total. The van der Waals surface area contributed by atoms with Crippen molar-refractivity contribution in [3.05, 3.63) is 41.5 Å². The van der Waals surface area contributed by atoms with Crippen molar-refractivity contribution in [1.29, 1.82) is 0 Å². The number of nitrogens with two attached hydrogens (primary N) is 1. The van der Waals surface area contributed by atoms with Gasteiger partial charge in [-0.2, -0.15) is 18.2 Å². The van der Waals surface area contributed by atoms with E-state index in [0.29, 0.717) is 29.9 Å². The van der Waals surface area contributed by atoms with E-state index in [1.807, 2.05) is 18.4 Å². The summed E-state index contributed by atoms with van der Waals surface area (Å²) in [6.07, 6.45) is -3.90. The number of benzene rings is 1. The first kappa shape index (κ1) is 22.8. The second kappa shape index (κ2) is 9.50. The lowest BCUT2D eigenvalue weighted by Gasteiger charge is -2.11. The Balaban J connectivity index is 1.73. The smallest absolute Gasteiger partial charge is 0.370 e. The fourth-order valence-corrected chi connectivity index (χ4v) is 3.59. The molecule has 0 radical (unpaired) electrons. The molecule has 0 unspecified atom stereocenters. The third kappa shape index (κ3) is 6.06. The molecule has 31 heavy (non-hydrogen) atoms.